The molecule has 6 heteroatoms. The van der Waals surface area contributed by atoms with Crippen molar-refractivity contribution < 1.29 is 28.4 Å². The van der Waals surface area contributed by atoms with E-state index in [1.807, 2.05) is 0 Å². The summed E-state index contributed by atoms with van der Waals surface area (Å²) < 4.78 is 35.2. The Bertz CT molecular complexity index is 1120. The first-order chi connectivity index (χ1) is 21.3. The Morgan fingerprint density at radius 3 is 1.02 bits per heavy atom. The molecule has 2 aromatic carbocycles. The van der Waals surface area contributed by atoms with E-state index in [1.165, 1.54) is 33.4 Å². The van der Waals surface area contributed by atoms with Gasteiger partial charge in [0.1, 0.15) is 36.9 Å². The van der Waals surface area contributed by atoms with Crippen molar-refractivity contribution in [1.82, 2.24) is 0 Å². The highest BCUT2D eigenvalue weighted by molar-refractivity contribution is 5.53. The third-order valence-corrected chi connectivity index (χ3v) is 8.59. The smallest absolute Gasteiger partial charge is 0.126 e. The molecule has 2 fully saturated rings. The van der Waals surface area contributed by atoms with E-state index < -0.39 is 0 Å². The molecular formula is C40H62O6. The molecule has 0 saturated carbocycles. The SMILES string of the molecule is CC(C)(C)c1cc(CCc2cc(C(C)(C)C)c(OCCOCC3CO3)c(C(C)(C)C)c2)cc(C(C)(C)C)c1OCCOCC1CO1. The number of rotatable bonds is 15. The first kappa shape index (κ1) is 36.7. The van der Waals surface area contributed by atoms with Crippen LogP contribution in [0.3, 0.4) is 0 Å². The molecule has 6 nitrogen and oxygen atoms in total. The molecule has 2 saturated heterocycles. The van der Waals surface area contributed by atoms with Crippen LogP contribution in [0.25, 0.3) is 0 Å². The largest absolute Gasteiger partial charge is 0.491 e. The Labute approximate surface area is 279 Å². The van der Waals surface area contributed by atoms with Gasteiger partial charge in [-0.1, -0.05) is 107 Å². The van der Waals surface area contributed by atoms with Gasteiger partial charge in [0.25, 0.3) is 0 Å². The van der Waals surface area contributed by atoms with Gasteiger partial charge in [-0.2, -0.15) is 0 Å². The van der Waals surface area contributed by atoms with E-state index >= 15 is 0 Å². The van der Waals surface area contributed by atoms with Gasteiger partial charge in [0.15, 0.2) is 0 Å². The van der Waals surface area contributed by atoms with Crippen molar-refractivity contribution in [3.05, 3.63) is 57.6 Å². The van der Waals surface area contributed by atoms with Gasteiger partial charge >= 0.3 is 0 Å². The van der Waals surface area contributed by atoms with Gasteiger partial charge < -0.3 is 28.4 Å². The maximum atomic E-state index is 6.53. The van der Waals surface area contributed by atoms with Crippen LogP contribution in [0, 0.1) is 0 Å². The van der Waals surface area contributed by atoms with E-state index in [1.54, 1.807) is 0 Å². The third-order valence-electron chi connectivity index (χ3n) is 8.59. The standard InChI is InChI=1S/C40H62O6/c1-37(2,3)31-19-27(20-32(38(4,5)6)35(31)43-17-15-41-23-29-25-45-29)13-14-28-21-33(39(7,8)9)36(34(22-28)40(10,11)12)44-18-16-42-24-30-26-46-30/h19-22,29-30H,13-18,23-26H2,1-12H3. The molecule has 2 aromatic rings. The Morgan fingerprint density at radius 2 is 0.783 bits per heavy atom. The summed E-state index contributed by atoms with van der Waals surface area (Å²) in [4.78, 5) is 0. The molecule has 0 amide bonds. The molecule has 4 rings (SSSR count). The second-order valence-corrected chi connectivity index (χ2v) is 17.3. The van der Waals surface area contributed by atoms with E-state index in [2.05, 4.69) is 107 Å². The molecule has 2 aliphatic rings. The zero-order valence-corrected chi connectivity index (χ0v) is 31.0. The number of ether oxygens (including phenoxy) is 6. The molecule has 46 heavy (non-hydrogen) atoms. The second-order valence-electron chi connectivity index (χ2n) is 17.3. The van der Waals surface area contributed by atoms with Crippen LogP contribution < -0.4 is 9.47 Å². The summed E-state index contributed by atoms with van der Waals surface area (Å²) in [5.41, 5.74) is 7.43. The van der Waals surface area contributed by atoms with Crippen LogP contribution in [-0.4, -0.2) is 65.1 Å². The average molecular weight is 639 g/mol. The molecule has 2 aliphatic heterocycles. The number of hydrogen-bond donors (Lipinski definition) is 0. The van der Waals surface area contributed by atoms with Crippen LogP contribution in [0.4, 0.5) is 0 Å². The highest BCUT2D eigenvalue weighted by Crippen LogP contribution is 2.43. The van der Waals surface area contributed by atoms with E-state index in [0.29, 0.717) is 39.6 Å². The van der Waals surface area contributed by atoms with Gasteiger partial charge in [0, 0.05) is 22.3 Å². The first-order valence-corrected chi connectivity index (χ1v) is 17.3. The minimum Gasteiger partial charge on any atom is -0.491 e. The van der Waals surface area contributed by atoms with Crippen LogP contribution >= 0.6 is 0 Å². The fourth-order valence-electron chi connectivity index (χ4n) is 5.66. The highest BCUT2D eigenvalue weighted by Gasteiger charge is 2.30. The highest BCUT2D eigenvalue weighted by atomic mass is 16.6. The average Bonchev–Trinajstić information content (AvgIpc) is 3.85. The van der Waals surface area contributed by atoms with Gasteiger partial charge in [0.2, 0.25) is 0 Å². The minimum atomic E-state index is -0.0682. The zero-order chi connectivity index (χ0) is 33.9. The lowest BCUT2D eigenvalue weighted by Gasteiger charge is -2.31. The summed E-state index contributed by atoms with van der Waals surface area (Å²) in [6.07, 6.45) is 2.43. The maximum Gasteiger partial charge on any atom is 0.126 e. The molecule has 0 N–H and O–H groups in total. The molecule has 0 radical (unpaired) electrons. The Hall–Kier alpha value is -2.12. The lowest BCUT2D eigenvalue weighted by atomic mass is 9.77. The van der Waals surface area contributed by atoms with E-state index in [-0.39, 0.29) is 33.9 Å². The molecule has 0 aromatic heterocycles. The Balaban J connectivity index is 1.59. The van der Waals surface area contributed by atoms with Crippen LogP contribution in [-0.2, 0) is 53.4 Å². The molecule has 0 spiro atoms. The zero-order valence-electron chi connectivity index (χ0n) is 31.0. The first-order valence-electron chi connectivity index (χ1n) is 17.3. The Kier molecular flexibility index (Phi) is 11.6. The third kappa shape index (κ3) is 10.7. The number of epoxide rings is 2. The summed E-state index contributed by atoms with van der Waals surface area (Å²) in [5.74, 6) is 2.02. The topological polar surface area (TPSA) is 62.0 Å². The lowest BCUT2D eigenvalue weighted by molar-refractivity contribution is 0.0867. The van der Waals surface area contributed by atoms with Crippen molar-refractivity contribution in [2.45, 2.75) is 130 Å². The van der Waals surface area contributed by atoms with Crippen molar-refractivity contribution in [2.75, 3.05) is 52.9 Å². The van der Waals surface area contributed by atoms with Crippen LogP contribution in [0.1, 0.15) is 116 Å². The molecule has 258 valence electrons. The molecule has 2 unspecified atom stereocenters. The summed E-state index contributed by atoms with van der Waals surface area (Å²) in [6.45, 7) is 32.4. The number of hydrogen-bond acceptors (Lipinski definition) is 6. The fraction of sp³-hybridized carbons (Fsp3) is 0.700. The van der Waals surface area contributed by atoms with Crippen molar-refractivity contribution in [3.63, 3.8) is 0 Å². The predicted molar refractivity (Wildman–Crippen MR) is 187 cm³/mol. The monoisotopic (exact) mass is 638 g/mol. The summed E-state index contributed by atoms with van der Waals surface area (Å²) in [6, 6.07) is 9.51. The maximum absolute atomic E-state index is 6.53. The van der Waals surface area contributed by atoms with Crippen LogP contribution in [0.2, 0.25) is 0 Å². The lowest BCUT2D eigenvalue weighted by Crippen LogP contribution is -2.22. The van der Waals surface area contributed by atoms with Gasteiger partial charge in [-0.05, 0) is 45.6 Å². The van der Waals surface area contributed by atoms with Crippen molar-refractivity contribution in [2.24, 2.45) is 0 Å². The van der Waals surface area contributed by atoms with Crippen molar-refractivity contribution >= 4 is 0 Å². The van der Waals surface area contributed by atoms with Crippen LogP contribution in [0.15, 0.2) is 24.3 Å². The minimum absolute atomic E-state index is 0.0682. The van der Waals surface area contributed by atoms with E-state index in [0.717, 1.165) is 37.6 Å². The summed E-state index contributed by atoms with van der Waals surface area (Å²) in [5, 5.41) is 0. The van der Waals surface area contributed by atoms with Crippen molar-refractivity contribution in [3.8, 4) is 11.5 Å². The molecule has 0 bridgehead atoms. The molecule has 2 atom stereocenters. The number of aryl methyl sites for hydroxylation is 2. The summed E-state index contributed by atoms with van der Waals surface area (Å²) in [7, 11) is 0. The molecule has 2 heterocycles. The van der Waals surface area contributed by atoms with Crippen LogP contribution in [0.5, 0.6) is 11.5 Å². The van der Waals surface area contributed by atoms with Crippen molar-refractivity contribution in [1.29, 1.82) is 0 Å². The van der Waals surface area contributed by atoms with Gasteiger partial charge in [-0.25, -0.2) is 0 Å². The Morgan fingerprint density at radius 1 is 0.500 bits per heavy atom. The van der Waals surface area contributed by atoms with Gasteiger partial charge in [-0.3, -0.25) is 0 Å². The molecule has 0 aliphatic carbocycles. The number of benzene rings is 2. The predicted octanol–water partition coefficient (Wildman–Crippen LogP) is 8.25. The summed E-state index contributed by atoms with van der Waals surface area (Å²) >= 11 is 0. The van der Waals surface area contributed by atoms with E-state index in [9.17, 15) is 0 Å². The normalized spacial score (nSPS) is 18.5. The quantitative estimate of drug-likeness (QED) is 0.145. The van der Waals surface area contributed by atoms with Gasteiger partial charge in [0.05, 0.1) is 39.6 Å². The van der Waals surface area contributed by atoms with Gasteiger partial charge in [-0.15, -0.1) is 0 Å². The second kappa shape index (κ2) is 14.6. The molecular weight excluding hydrogens is 576 g/mol. The van der Waals surface area contributed by atoms with E-state index in [4.69, 9.17) is 28.4 Å². The fourth-order valence-corrected chi connectivity index (χ4v) is 5.66.